The average molecular weight is 468 g/mol. The maximum atomic E-state index is 13.5. The second-order valence-corrected chi connectivity index (χ2v) is 11.4. The fourth-order valence-corrected chi connectivity index (χ4v) is 5.87. The summed E-state index contributed by atoms with van der Waals surface area (Å²) in [6, 6.07) is 0. The number of sulfonamides is 2. The Kier molecular flexibility index (Phi) is 8.88. The molecule has 0 aliphatic carbocycles. The molecule has 0 radical (unpaired) electrons. The number of aromatic nitrogens is 2. The van der Waals surface area contributed by atoms with Gasteiger partial charge in [-0.15, -0.1) is 5.01 Å². The van der Waals surface area contributed by atoms with Crippen LogP contribution in [0, 0.1) is 0 Å². The summed E-state index contributed by atoms with van der Waals surface area (Å²) in [5.41, 5.74) is 5.89. The molecule has 0 amide bonds. The summed E-state index contributed by atoms with van der Waals surface area (Å²) in [7, 11) is -7.23. The van der Waals surface area contributed by atoms with Crippen LogP contribution in [0.25, 0.3) is 0 Å². The van der Waals surface area contributed by atoms with Gasteiger partial charge < -0.3 is 5.73 Å². The Morgan fingerprint density at radius 3 is 2.00 bits per heavy atom. The molecule has 11 nitrogen and oxygen atoms in total. The predicted molar refractivity (Wildman–Crippen MR) is 113 cm³/mol. The molecule has 174 valence electrons. The van der Waals surface area contributed by atoms with Crippen molar-refractivity contribution >= 4 is 25.9 Å². The Morgan fingerprint density at radius 1 is 1.00 bits per heavy atom. The zero-order valence-electron chi connectivity index (χ0n) is 18.2. The minimum absolute atomic E-state index is 0.191. The Balaban J connectivity index is 2.26. The van der Waals surface area contributed by atoms with Gasteiger partial charge in [0.15, 0.2) is 0 Å². The van der Waals surface area contributed by atoms with E-state index < -0.39 is 20.0 Å². The monoisotopic (exact) mass is 467 g/mol. The van der Waals surface area contributed by atoms with Crippen molar-refractivity contribution < 1.29 is 26.1 Å². The van der Waals surface area contributed by atoms with E-state index in [2.05, 4.69) is 19.1 Å². The molecule has 1 aromatic rings. The lowest BCUT2D eigenvalue weighted by Crippen LogP contribution is -2.68. The van der Waals surface area contributed by atoms with Crippen molar-refractivity contribution in [2.75, 3.05) is 56.3 Å². The summed E-state index contributed by atoms with van der Waals surface area (Å²) in [5.74, 6) is -0.267. The molecule has 2 rings (SSSR count). The van der Waals surface area contributed by atoms with Crippen LogP contribution in [0.3, 0.4) is 0 Å². The van der Waals surface area contributed by atoms with Crippen molar-refractivity contribution in [2.45, 2.75) is 57.4 Å². The van der Waals surface area contributed by atoms with Crippen LogP contribution in [0.5, 0.6) is 0 Å². The third-order valence-corrected chi connectivity index (χ3v) is 8.37. The summed E-state index contributed by atoms with van der Waals surface area (Å²) in [6.07, 6.45) is 6.54. The number of nitrogen functional groups attached to an aromatic ring is 1. The predicted octanol–water partition coefficient (Wildman–Crippen LogP) is 0.129. The van der Waals surface area contributed by atoms with Crippen LogP contribution in [0.1, 0.15) is 52.4 Å². The van der Waals surface area contributed by atoms with E-state index in [-0.39, 0.29) is 37.1 Å². The molecule has 0 aromatic carbocycles. The van der Waals surface area contributed by atoms with Gasteiger partial charge in [-0.25, -0.2) is 16.8 Å². The van der Waals surface area contributed by atoms with E-state index in [4.69, 9.17) is 10.3 Å². The Hall–Kier alpha value is -1.44. The standard InChI is InChI=1S/C17H35N6O5S2/c1-4-6-8-10-22(11-9-7-5-2)30(26,27)17-16(18)28-19-23(17)20-12-14-21(15-13-20)29(3,24)25/h4-15,18H2,1-3H3/q+1. The first-order chi connectivity index (χ1) is 14.1. The third kappa shape index (κ3) is 6.05. The second kappa shape index (κ2) is 10.7. The first-order valence-electron chi connectivity index (χ1n) is 10.5. The van der Waals surface area contributed by atoms with Crippen molar-refractivity contribution in [2.24, 2.45) is 0 Å². The van der Waals surface area contributed by atoms with Crippen LogP contribution < -0.4 is 15.5 Å². The normalized spacial score (nSPS) is 16.5. The number of hydrogen-bond donors (Lipinski definition) is 1. The van der Waals surface area contributed by atoms with Crippen molar-refractivity contribution in [1.29, 1.82) is 0 Å². The first kappa shape index (κ1) is 24.8. The molecular formula is C17H35N6O5S2+. The van der Waals surface area contributed by atoms with E-state index in [0.29, 0.717) is 13.1 Å². The van der Waals surface area contributed by atoms with Gasteiger partial charge in [-0.3, -0.25) is 4.52 Å². The Bertz CT molecular complexity index is 868. The van der Waals surface area contributed by atoms with Gasteiger partial charge in [0, 0.05) is 26.2 Å². The Labute approximate surface area is 179 Å². The lowest BCUT2D eigenvalue weighted by Gasteiger charge is -2.28. The van der Waals surface area contributed by atoms with E-state index in [1.54, 1.807) is 5.01 Å². The fraction of sp³-hybridized carbons (Fsp3) is 0.882. The number of nitrogens with zero attached hydrogens (tertiary/aromatic N) is 5. The van der Waals surface area contributed by atoms with Crippen molar-refractivity contribution in [1.82, 2.24) is 13.9 Å². The summed E-state index contributed by atoms with van der Waals surface area (Å²) in [5, 5.41) is 5.29. The van der Waals surface area contributed by atoms with E-state index in [1.165, 1.54) is 13.4 Å². The maximum absolute atomic E-state index is 13.5. The molecule has 1 aliphatic rings. The van der Waals surface area contributed by atoms with Crippen LogP contribution in [0.2, 0.25) is 0 Å². The van der Waals surface area contributed by atoms with Gasteiger partial charge in [0.25, 0.3) is 0 Å². The fourth-order valence-electron chi connectivity index (χ4n) is 3.42. The SMILES string of the molecule is CCCCCN(CCCCC)S(=O)(=O)c1c(N)on[n+]1N1CCN(S(C)(=O)=O)CC1. The quantitative estimate of drug-likeness (QED) is 0.339. The lowest BCUT2D eigenvalue weighted by atomic mass is 10.2. The van der Waals surface area contributed by atoms with Crippen LogP contribution in [0.15, 0.2) is 9.55 Å². The summed E-state index contributed by atoms with van der Waals surface area (Å²) in [6.45, 7) is 5.97. The third-order valence-electron chi connectivity index (χ3n) is 5.17. The minimum atomic E-state index is -3.93. The molecule has 0 bridgehead atoms. The number of hydrogen-bond acceptors (Lipinski definition) is 8. The van der Waals surface area contributed by atoms with Gasteiger partial charge >= 0.3 is 20.9 Å². The highest BCUT2D eigenvalue weighted by Gasteiger charge is 2.44. The molecule has 0 unspecified atom stereocenters. The van der Waals surface area contributed by atoms with Crippen LogP contribution in [-0.4, -0.2) is 76.2 Å². The van der Waals surface area contributed by atoms with Gasteiger partial charge in [-0.2, -0.15) is 8.61 Å². The van der Waals surface area contributed by atoms with E-state index in [9.17, 15) is 16.8 Å². The highest BCUT2D eigenvalue weighted by molar-refractivity contribution is 7.89. The summed E-state index contributed by atoms with van der Waals surface area (Å²) in [4.78, 5) is 1.18. The molecular weight excluding hydrogens is 432 g/mol. The molecule has 2 heterocycles. The van der Waals surface area contributed by atoms with Gasteiger partial charge in [-0.1, -0.05) is 39.5 Å². The van der Waals surface area contributed by atoms with E-state index in [0.717, 1.165) is 44.8 Å². The molecule has 1 saturated heterocycles. The minimum Gasteiger partial charge on any atom is -0.361 e. The van der Waals surface area contributed by atoms with Gasteiger partial charge in [0.1, 0.15) is 0 Å². The smallest absolute Gasteiger partial charge is 0.361 e. The molecule has 1 fully saturated rings. The number of nitrogens with two attached hydrogens (primary N) is 1. The van der Waals surface area contributed by atoms with Crippen molar-refractivity contribution in [3.63, 3.8) is 0 Å². The van der Waals surface area contributed by atoms with Gasteiger partial charge in [0.2, 0.25) is 15.3 Å². The lowest BCUT2D eigenvalue weighted by molar-refractivity contribution is -0.790. The Morgan fingerprint density at radius 2 is 1.53 bits per heavy atom. The summed E-state index contributed by atoms with van der Waals surface area (Å²) < 4.78 is 58.3. The van der Waals surface area contributed by atoms with Gasteiger partial charge in [-0.05, 0) is 12.8 Å². The molecule has 0 saturated carbocycles. The maximum Gasteiger partial charge on any atom is 0.435 e. The molecule has 1 aromatic heterocycles. The largest absolute Gasteiger partial charge is 0.435 e. The number of piperazine rings is 1. The number of anilines is 1. The molecule has 1 aliphatic heterocycles. The highest BCUT2D eigenvalue weighted by atomic mass is 32.2. The van der Waals surface area contributed by atoms with Crippen LogP contribution in [-0.2, 0) is 20.0 Å². The summed E-state index contributed by atoms with van der Waals surface area (Å²) >= 11 is 0. The molecule has 2 N–H and O–H groups in total. The van der Waals surface area contributed by atoms with Gasteiger partial charge in [0.05, 0.1) is 24.1 Å². The van der Waals surface area contributed by atoms with Crippen molar-refractivity contribution in [3.05, 3.63) is 0 Å². The highest BCUT2D eigenvalue weighted by Crippen LogP contribution is 2.20. The van der Waals surface area contributed by atoms with Crippen molar-refractivity contribution in [3.8, 4) is 0 Å². The number of unbranched alkanes of at least 4 members (excludes halogenated alkanes) is 4. The average Bonchev–Trinajstić information content (AvgIpc) is 3.08. The first-order valence-corrected chi connectivity index (χ1v) is 13.8. The molecule has 0 spiro atoms. The van der Waals surface area contributed by atoms with Crippen LogP contribution in [0.4, 0.5) is 5.88 Å². The second-order valence-electron chi connectivity index (χ2n) is 7.57. The molecule has 0 atom stereocenters. The number of rotatable bonds is 12. The molecule has 13 heteroatoms. The zero-order chi connectivity index (χ0) is 22.4. The zero-order valence-corrected chi connectivity index (χ0v) is 19.8. The van der Waals surface area contributed by atoms with E-state index >= 15 is 0 Å². The van der Waals surface area contributed by atoms with Crippen LogP contribution >= 0.6 is 0 Å². The molecule has 30 heavy (non-hydrogen) atoms. The van der Waals surface area contributed by atoms with E-state index in [1.807, 2.05) is 0 Å². The topological polar surface area (TPSA) is 134 Å².